The first-order valence-electron chi connectivity index (χ1n) is 9.89. The first kappa shape index (κ1) is 18.6. The summed E-state index contributed by atoms with van der Waals surface area (Å²) >= 11 is 0. The topological polar surface area (TPSA) is 65.7 Å². The van der Waals surface area contributed by atoms with Crippen molar-refractivity contribution in [1.82, 2.24) is 4.90 Å². The number of nitrogens with zero attached hydrogens (tertiary/aromatic N) is 1. The second-order valence-electron chi connectivity index (χ2n) is 7.61. The number of likely N-dealkylation sites (tertiary alicyclic amines) is 1. The Morgan fingerprint density at radius 1 is 1.21 bits per heavy atom. The lowest BCUT2D eigenvalue weighted by Crippen LogP contribution is -2.36. The molecule has 0 radical (unpaired) electrons. The molecule has 4 rings (SSSR count). The van der Waals surface area contributed by atoms with Gasteiger partial charge in [-0.05, 0) is 57.5 Å². The number of rotatable bonds is 4. The lowest BCUT2D eigenvalue weighted by molar-refractivity contribution is 0.102. The third-order valence-corrected chi connectivity index (χ3v) is 5.68. The summed E-state index contributed by atoms with van der Waals surface area (Å²) in [6, 6.07) is 13.2. The highest BCUT2D eigenvalue weighted by Crippen LogP contribution is 2.36. The van der Waals surface area contributed by atoms with Crippen LogP contribution in [0.4, 0.5) is 5.69 Å². The molecule has 28 heavy (non-hydrogen) atoms. The van der Waals surface area contributed by atoms with Crippen LogP contribution in [0.3, 0.4) is 0 Å². The van der Waals surface area contributed by atoms with Gasteiger partial charge in [0.2, 0.25) is 0 Å². The Morgan fingerprint density at radius 3 is 2.75 bits per heavy atom. The van der Waals surface area contributed by atoms with Gasteiger partial charge in [-0.15, -0.1) is 0 Å². The number of phenolic OH excluding ortho intramolecular Hbond substituents is 1. The molecule has 0 aliphatic carbocycles. The van der Waals surface area contributed by atoms with Crippen molar-refractivity contribution in [2.24, 2.45) is 0 Å². The molecule has 2 heterocycles. The number of phenols is 1. The maximum absolute atomic E-state index is 13.1. The van der Waals surface area contributed by atoms with Crippen molar-refractivity contribution in [1.29, 1.82) is 0 Å². The standard InChI is InChI=1S/C23H26N2O3/c1-15-8-6-7-13-25(15)14-18-19(26)11-12-20-22(18)21(16(2)28-20)23(27)24-17-9-4-3-5-10-17/h3-5,9-12,15,26H,6-8,13-14H2,1-2H3,(H,24,27). The second kappa shape index (κ2) is 7.68. The average Bonchev–Trinajstić information content (AvgIpc) is 3.03. The predicted molar refractivity (Wildman–Crippen MR) is 111 cm³/mol. The molecule has 146 valence electrons. The van der Waals surface area contributed by atoms with E-state index in [0.717, 1.165) is 30.6 Å². The van der Waals surface area contributed by atoms with Crippen molar-refractivity contribution in [2.45, 2.75) is 45.7 Å². The smallest absolute Gasteiger partial charge is 0.259 e. The van der Waals surface area contributed by atoms with E-state index in [4.69, 9.17) is 4.42 Å². The molecule has 1 fully saturated rings. The van der Waals surface area contributed by atoms with Crippen LogP contribution < -0.4 is 5.32 Å². The van der Waals surface area contributed by atoms with E-state index in [9.17, 15) is 9.90 Å². The normalized spacial score (nSPS) is 17.7. The molecule has 0 bridgehead atoms. The van der Waals surface area contributed by atoms with Crippen LogP contribution >= 0.6 is 0 Å². The molecule has 2 aromatic carbocycles. The van der Waals surface area contributed by atoms with Gasteiger partial charge in [0.1, 0.15) is 17.1 Å². The fourth-order valence-corrected chi connectivity index (χ4v) is 4.11. The van der Waals surface area contributed by atoms with Crippen molar-refractivity contribution in [3.8, 4) is 5.75 Å². The van der Waals surface area contributed by atoms with Gasteiger partial charge in [0.25, 0.3) is 5.91 Å². The minimum Gasteiger partial charge on any atom is -0.508 e. The van der Waals surface area contributed by atoms with Gasteiger partial charge in [0, 0.05) is 29.2 Å². The van der Waals surface area contributed by atoms with Crippen LogP contribution in [0.2, 0.25) is 0 Å². The molecule has 0 saturated carbocycles. The number of fused-ring (bicyclic) bond motifs is 1. The Kier molecular flexibility index (Phi) is 5.09. The lowest BCUT2D eigenvalue weighted by Gasteiger charge is -2.33. The van der Waals surface area contributed by atoms with Crippen LogP contribution in [0.5, 0.6) is 5.75 Å². The number of carbonyl (C=O) groups is 1. The SMILES string of the molecule is Cc1oc2ccc(O)c(CN3CCCCC3C)c2c1C(=O)Nc1ccccc1. The summed E-state index contributed by atoms with van der Waals surface area (Å²) in [5.41, 5.74) is 2.62. The lowest BCUT2D eigenvalue weighted by atomic mass is 9.99. The summed E-state index contributed by atoms with van der Waals surface area (Å²) in [5, 5.41) is 14.3. The number of hydrogen-bond acceptors (Lipinski definition) is 4. The molecule has 1 unspecified atom stereocenters. The summed E-state index contributed by atoms with van der Waals surface area (Å²) in [4.78, 5) is 15.4. The van der Waals surface area contributed by atoms with E-state index in [1.165, 1.54) is 6.42 Å². The Labute approximate surface area is 165 Å². The number of para-hydroxylation sites is 1. The number of hydrogen-bond donors (Lipinski definition) is 2. The number of carbonyl (C=O) groups excluding carboxylic acids is 1. The van der Waals surface area contributed by atoms with Crippen LogP contribution in [0.15, 0.2) is 46.9 Å². The third kappa shape index (κ3) is 3.50. The summed E-state index contributed by atoms with van der Waals surface area (Å²) in [6.07, 6.45) is 3.55. The van der Waals surface area contributed by atoms with E-state index in [-0.39, 0.29) is 11.7 Å². The van der Waals surface area contributed by atoms with Crippen molar-refractivity contribution in [3.05, 3.63) is 59.4 Å². The first-order chi connectivity index (χ1) is 13.5. The quantitative estimate of drug-likeness (QED) is 0.665. The molecule has 1 saturated heterocycles. The predicted octanol–water partition coefficient (Wildman–Crippen LogP) is 5.07. The average molecular weight is 378 g/mol. The zero-order valence-corrected chi connectivity index (χ0v) is 16.4. The van der Waals surface area contributed by atoms with Crippen molar-refractivity contribution < 1.29 is 14.3 Å². The molecular weight excluding hydrogens is 352 g/mol. The van der Waals surface area contributed by atoms with Gasteiger partial charge in [-0.3, -0.25) is 9.69 Å². The van der Waals surface area contributed by atoms with E-state index >= 15 is 0 Å². The summed E-state index contributed by atoms with van der Waals surface area (Å²) in [5.74, 6) is 0.544. The summed E-state index contributed by atoms with van der Waals surface area (Å²) < 4.78 is 5.88. The van der Waals surface area contributed by atoms with E-state index in [0.29, 0.717) is 34.9 Å². The zero-order chi connectivity index (χ0) is 19.7. The summed E-state index contributed by atoms with van der Waals surface area (Å²) in [7, 11) is 0. The Hall–Kier alpha value is -2.79. The second-order valence-corrected chi connectivity index (χ2v) is 7.61. The minimum absolute atomic E-state index is 0.208. The first-order valence-corrected chi connectivity index (χ1v) is 9.89. The molecular formula is C23H26N2O3. The molecule has 3 aromatic rings. The third-order valence-electron chi connectivity index (χ3n) is 5.68. The van der Waals surface area contributed by atoms with Crippen LogP contribution in [0.25, 0.3) is 11.0 Å². The van der Waals surface area contributed by atoms with Gasteiger partial charge in [-0.1, -0.05) is 24.6 Å². The molecule has 2 N–H and O–H groups in total. The molecule has 5 nitrogen and oxygen atoms in total. The minimum atomic E-state index is -0.221. The maximum Gasteiger partial charge on any atom is 0.259 e. The molecule has 1 amide bonds. The van der Waals surface area contributed by atoms with Crippen LogP contribution in [0.1, 0.15) is 47.9 Å². The van der Waals surface area contributed by atoms with E-state index in [2.05, 4.69) is 17.1 Å². The Morgan fingerprint density at radius 2 is 2.00 bits per heavy atom. The van der Waals surface area contributed by atoms with E-state index in [1.54, 1.807) is 19.1 Å². The highest BCUT2D eigenvalue weighted by molar-refractivity contribution is 6.14. The molecule has 1 aliphatic heterocycles. The number of piperidine rings is 1. The highest BCUT2D eigenvalue weighted by Gasteiger charge is 2.26. The zero-order valence-electron chi connectivity index (χ0n) is 16.4. The van der Waals surface area contributed by atoms with Crippen LogP contribution in [-0.4, -0.2) is 28.5 Å². The number of nitrogens with one attached hydrogen (secondary N) is 1. The number of aromatic hydroxyl groups is 1. The van der Waals surface area contributed by atoms with Crippen LogP contribution in [-0.2, 0) is 6.54 Å². The van der Waals surface area contributed by atoms with Gasteiger partial charge in [-0.2, -0.15) is 0 Å². The number of anilines is 1. The molecule has 1 atom stereocenters. The fourth-order valence-electron chi connectivity index (χ4n) is 4.11. The van der Waals surface area contributed by atoms with Crippen molar-refractivity contribution in [2.75, 3.05) is 11.9 Å². The number of amides is 1. The number of benzene rings is 2. The van der Waals surface area contributed by atoms with Gasteiger partial charge in [0.05, 0.1) is 5.56 Å². The van der Waals surface area contributed by atoms with Crippen molar-refractivity contribution >= 4 is 22.6 Å². The monoisotopic (exact) mass is 378 g/mol. The molecule has 1 aromatic heterocycles. The van der Waals surface area contributed by atoms with E-state index < -0.39 is 0 Å². The summed E-state index contributed by atoms with van der Waals surface area (Å²) in [6.45, 7) is 5.62. The largest absolute Gasteiger partial charge is 0.508 e. The Balaban J connectivity index is 1.75. The van der Waals surface area contributed by atoms with Crippen LogP contribution in [0, 0.1) is 6.92 Å². The fraction of sp³-hybridized carbons (Fsp3) is 0.348. The van der Waals surface area contributed by atoms with Crippen molar-refractivity contribution in [3.63, 3.8) is 0 Å². The van der Waals surface area contributed by atoms with Gasteiger partial charge >= 0.3 is 0 Å². The van der Waals surface area contributed by atoms with E-state index in [1.807, 2.05) is 30.3 Å². The number of aryl methyl sites for hydroxylation is 1. The molecule has 0 spiro atoms. The Bertz CT molecular complexity index is 994. The van der Waals surface area contributed by atoms with Gasteiger partial charge < -0.3 is 14.8 Å². The maximum atomic E-state index is 13.1. The van der Waals surface area contributed by atoms with Gasteiger partial charge in [-0.25, -0.2) is 0 Å². The molecule has 5 heteroatoms. The highest BCUT2D eigenvalue weighted by atomic mass is 16.3. The number of furan rings is 1. The molecule has 1 aliphatic rings. The van der Waals surface area contributed by atoms with Gasteiger partial charge in [0.15, 0.2) is 0 Å².